The lowest BCUT2D eigenvalue weighted by atomic mass is 9.98. The molecule has 27 heavy (non-hydrogen) atoms. The summed E-state index contributed by atoms with van der Waals surface area (Å²) >= 11 is 0. The van der Waals surface area contributed by atoms with E-state index < -0.39 is 18.1 Å². The van der Waals surface area contributed by atoms with Gasteiger partial charge < -0.3 is 15.2 Å². The van der Waals surface area contributed by atoms with E-state index in [2.05, 4.69) is 15.3 Å². The number of azide groups is 1. The van der Waals surface area contributed by atoms with E-state index in [1.54, 1.807) is 0 Å². The van der Waals surface area contributed by atoms with Gasteiger partial charge in [-0.15, -0.1) is 0 Å². The number of nitrogens with zero attached hydrogens (tertiary/aromatic N) is 3. The second kappa shape index (κ2) is 8.25. The molecular weight excluding hydrogens is 348 g/mol. The fourth-order valence-corrected chi connectivity index (χ4v) is 3.27. The van der Waals surface area contributed by atoms with Crippen LogP contribution in [-0.2, 0) is 9.53 Å². The first kappa shape index (κ1) is 18.3. The van der Waals surface area contributed by atoms with Gasteiger partial charge in [0.1, 0.15) is 12.6 Å². The van der Waals surface area contributed by atoms with Crippen LogP contribution in [0.5, 0.6) is 0 Å². The summed E-state index contributed by atoms with van der Waals surface area (Å²) in [7, 11) is 0. The summed E-state index contributed by atoms with van der Waals surface area (Å²) in [5.74, 6) is -1.31. The second-order valence-electron chi connectivity index (χ2n) is 6.10. The van der Waals surface area contributed by atoms with Gasteiger partial charge in [0.15, 0.2) is 0 Å². The molecule has 1 aliphatic carbocycles. The van der Waals surface area contributed by atoms with Crippen LogP contribution >= 0.6 is 0 Å². The average molecular weight is 366 g/mol. The molecule has 8 heteroatoms. The Balaban J connectivity index is 1.66. The summed E-state index contributed by atoms with van der Waals surface area (Å²) in [6.45, 7) is 0.0691. The van der Waals surface area contributed by atoms with Crippen LogP contribution in [0.15, 0.2) is 53.6 Å². The lowest BCUT2D eigenvalue weighted by molar-refractivity contribution is -0.139. The van der Waals surface area contributed by atoms with Gasteiger partial charge in [0.2, 0.25) is 0 Å². The predicted octanol–water partition coefficient (Wildman–Crippen LogP) is 3.68. The van der Waals surface area contributed by atoms with Gasteiger partial charge in [-0.2, -0.15) is 0 Å². The van der Waals surface area contributed by atoms with Gasteiger partial charge in [0.25, 0.3) is 0 Å². The predicted molar refractivity (Wildman–Crippen MR) is 98.3 cm³/mol. The summed E-state index contributed by atoms with van der Waals surface area (Å²) in [4.78, 5) is 25.8. The number of carboxylic acid groups (broad SMARTS) is 1. The molecule has 0 fully saturated rings. The highest BCUT2D eigenvalue weighted by Gasteiger charge is 2.29. The highest BCUT2D eigenvalue weighted by atomic mass is 16.5. The number of hydrogen-bond donors (Lipinski definition) is 2. The Labute approximate surface area is 155 Å². The quantitative estimate of drug-likeness (QED) is 0.440. The Morgan fingerprint density at radius 1 is 1.15 bits per heavy atom. The van der Waals surface area contributed by atoms with Crippen LogP contribution in [0, 0.1) is 0 Å². The monoisotopic (exact) mass is 366 g/mol. The number of rotatable bonds is 7. The van der Waals surface area contributed by atoms with E-state index >= 15 is 0 Å². The fraction of sp³-hybridized carbons (Fsp3) is 0.263. The first-order valence-corrected chi connectivity index (χ1v) is 8.47. The summed E-state index contributed by atoms with van der Waals surface area (Å²) in [6.07, 6.45) is -0.825. The van der Waals surface area contributed by atoms with Crippen molar-refractivity contribution >= 4 is 12.1 Å². The molecule has 0 aromatic heterocycles. The van der Waals surface area contributed by atoms with Crippen LogP contribution in [0.2, 0.25) is 0 Å². The number of alkyl carbamates (subject to hydrolysis) is 1. The molecule has 0 aliphatic heterocycles. The topological polar surface area (TPSA) is 124 Å². The van der Waals surface area contributed by atoms with Crippen molar-refractivity contribution in [3.63, 3.8) is 0 Å². The van der Waals surface area contributed by atoms with Crippen LogP contribution in [-0.4, -0.2) is 36.4 Å². The van der Waals surface area contributed by atoms with Gasteiger partial charge in [-0.05, 0) is 34.2 Å². The Kier molecular flexibility index (Phi) is 5.58. The van der Waals surface area contributed by atoms with Crippen LogP contribution in [0.4, 0.5) is 4.79 Å². The number of ether oxygens (including phenoxy) is 1. The van der Waals surface area contributed by atoms with E-state index in [-0.39, 0.29) is 25.5 Å². The van der Waals surface area contributed by atoms with E-state index in [1.165, 1.54) is 0 Å². The van der Waals surface area contributed by atoms with Gasteiger partial charge in [-0.25, -0.2) is 9.59 Å². The average Bonchev–Trinajstić information content (AvgIpc) is 2.99. The van der Waals surface area contributed by atoms with Crippen molar-refractivity contribution in [2.45, 2.75) is 18.4 Å². The number of carbonyl (C=O) groups is 2. The molecule has 0 spiro atoms. The number of nitrogens with one attached hydrogen (secondary N) is 1. The molecule has 0 bridgehead atoms. The van der Waals surface area contributed by atoms with Gasteiger partial charge >= 0.3 is 12.1 Å². The normalized spacial score (nSPS) is 13.0. The molecule has 0 saturated carbocycles. The summed E-state index contributed by atoms with van der Waals surface area (Å²) in [5, 5.41) is 14.7. The zero-order valence-corrected chi connectivity index (χ0v) is 14.4. The molecule has 2 aromatic carbocycles. The van der Waals surface area contributed by atoms with Crippen molar-refractivity contribution in [2.75, 3.05) is 13.2 Å². The Morgan fingerprint density at radius 3 is 2.30 bits per heavy atom. The van der Waals surface area contributed by atoms with Gasteiger partial charge in [0.05, 0.1) is 0 Å². The molecule has 1 aliphatic rings. The van der Waals surface area contributed by atoms with Crippen molar-refractivity contribution in [2.24, 2.45) is 5.11 Å². The van der Waals surface area contributed by atoms with E-state index in [4.69, 9.17) is 15.4 Å². The third-order valence-corrected chi connectivity index (χ3v) is 4.51. The number of amides is 1. The van der Waals surface area contributed by atoms with Gasteiger partial charge in [0, 0.05) is 17.4 Å². The molecule has 0 saturated heterocycles. The molecule has 1 unspecified atom stereocenters. The number of benzene rings is 2. The lowest BCUT2D eigenvalue weighted by Crippen LogP contribution is -2.41. The zero-order chi connectivity index (χ0) is 19.2. The molecule has 2 aromatic rings. The summed E-state index contributed by atoms with van der Waals surface area (Å²) in [6, 6.07) is 14.7. The van der Waals surface area contributed by atoms with Crippen molar-refractivity contribution in [3.05, 3.63) is 70.1 Å². The largest absolute Gasteiger partial charge is 0.480 e. The van der Waals surface area contributed by atoms with E-state index in [9.17, 15) is 9.59 Å². The number of aliphatic carboxylic acids is 1. The summed E-state index contributed by atoms with van der Waals surface area (Å²) < 4.78 is 5.31. The van der Waals surface area contributed by atoms with Crippen molar-refractivity contribution in [3.8, 4) is 11.1 Å². The SMILES string of the molecule is [N-]=[N+]=NCCC(NC(=O)OCC1c2ccccc2-c2ccccc21)C(=O)O. The van der Waals surface area contributed by atoms with E-state index in [1.807, 2.05) is 48.5 Å². The van der Waals surface area contributed by atoms with Crippen molar-refractivity contribution in [1.29, 1.82) is 0 Å². The summed E-state index contributed by atoms with van der Waals surface area (Å²) in [5.41, 5.74) is 12.6. The standard InChI is InChI=1S/C19H18N4O4/c20-23-21-10-9-17(18(24)25)22-19(26)27-11-16-14-7-3-1-5-12(14)13-6-2-4-8-15(13)16/h1-8,16-17H,9-11H2,(H,22,26)(H,24,25). The Bertz CT molecular complexity index is 863. The highest BCUT2D eigenvalue weighted by Crippen LogP contribution is 2.44. The van der Waals surface area contributed by atoms with Crippen molar-refractivity contribution < 1.29 is 19.4 Å². The third kappa shape index (κ3) is 4.02. The second-order valence-corrected chi connectivity index (χ2v) is 6.10. The molecule has 1 atom stereocenters. The third-order valence-electron chi connectivity index (χ3n) is 4.51. The number of carboxylic acids is 1. The molecule has 0 radical (unpaired) electrons. The Morgan fingerprint density at radius 2 is 1.74 bits per heavy atom. The first-order valence-electron chi connectivity index (χ1n) is 8.47. The first-order chi connectivity index (χ1) is 13.1. The fourth-order valence-electron chi connectivity index (χ4n) is 3.27. The molecule has 0 heterocycles. The van der Waals surface area contributed by atoms with Crippen LogP contribution in [0.1, 0.15) is 23.5 Å². The highest BCUT2D eigenvalue weighted by molar-refractivity contribution is 5.81. The van der Waals surface area contributed by atoms with Crippen molar-refractivity contribution in [1.82, 2.24) is 5.32 Å². The maximum Gasteiger partial charge on any atom is 0.407 e. The number of hydrogen-bond acceptors (Lipinski definition) is 4. The van der Waals surface area contributed by atoms with E-state index in [0.29, 0.717) is 0 Å². The minimum Gasteiger partial charge on any atom is -0.480 e. The minimum atomic E-state index is -1.21. The molecule has 3 rings (SSSR count). The lowest BCUT2D eigenvalue weighted by Gasteiger charge is -2.17. The smallest absolute Gasteiger partial charge is 0.407 e. The van der Waals surface area contributed by atoms with Gasteiger partial charge in [-0.3, -0.25) is 0 Å². The molecule has 1 amide bonds. The van der Waals surface area contributed by atoms with E-state index in [0.717, 1.165) is 22.3 Å². The van der Waals surface area contributed by atoms with Crippen LogP contribution < -0.4 is 5.32 Å². The number of carbonyl (C=O) groups excluding carboxylic acids is 1. The molecule has 138 valence electrons. The maximum absolute atomic E-state index is 12.1. The Hall–Kier alpha value is -3.51. The molecule has 8 nitrogen and oxygen atoms in total. The molecular formula is C19H18N4O4. The maximum atomic E-state index is 12.1. The zero-order valence-electron chi connectivity index (χ0n) is 14.4. The van der Waals surface area contributed by atoms with Crippen LogP contribution in [0.25, 0.3) is 21.6 Å². The molecule has 2 N–H and O–H groups in total. The number of fused-ring (bicyclic) bond motifs is 3. The van der Waals surface area contributed by atoms with Crippen LogP contribution in [0.3, 0.4) is 0 Å². The van der Waals surface area contributed by atoms with Gasteiger partial charge in [-0.1, -0.05) is 53.6 Å². The minimum absolute atomic E-state index is 0.0103.